The van der Waals surface area contributed by atoms with Crippen LogP contribution in [0.1, 0.15) is 32.8 Å². The van der Waals surface area contributed by atoms with E-state index < -0.39 is 0 Å². The second-order valence-corrected chi connectivity index (χ2v) is 7.42. The van der Waals surface area contributed by atoms with E-state index in [0.717, 1.165) is 17.3 Å². The highest BCUT2D eigenvalue weighted by molar-refractivity contribution is 9.10. The number of rotatable bonds is 7. The summed E-state index contributed by atoms with van der Waals surface area (Å²) < 4.78 is 1.06. The van der Waals surface area contributed by atoms with Gasteiger partial charge in [-0.05, 0) is 42.5 Å². The van der Waals surface area contributed by atoms with Gasteiger partial charge in [-0.2, -0.15) is 0 Å². The van der Waals surface area contributed by atoms with Crippen LogP contribution in [0.2, 0.25) is 0 Å². The van der Waals surface area contributed by atoms with E-state index in [1.165, 1.54) is 5.56 Å². The summed E-state index contributed by atoms with van der Waals surface area (Å²) in [5.41, 5.74) is 6.91. The average molecular weight is 355 g/mol. The number of hydrogen-bond donors (Lipinski definition) is 1. The van der Waals surface area contributed by atoms with Gasteiger partial charge in [-0.3, -0.25) is 4.79 Å². The molecule has 0 saturated carbocycles. The van der Waals surface area contributed by atoms with Crippen molar-refractivity contribution in [3.63, 3.8) is 0 Å². The van der Waals surface area contributed by atoms with Crippen molar-refractivity contribution in [2.24, 2.45) is 17.1 Å². The Balaban J connectivity index is 2.73. The summed E-state index contributed by atoms with van der Waals surface area (Å²) in [6.45, 7) is 7.52. The number of benzene rings is 1. The SMILES string of the molecule is CCC(Cc1cccc(Br)c1)C(=O)N(C)CC(C)(C)CN. The van der Waals surface area contributed by atoms with Crippen molar-refractivity contribution in [3.05, 3.63) is 34.3 Å². The first-order valence-electron chi connectivity index (χ1n) is 7.48. The molecule has 0 spiro atoms. The molecule has 0 aliphatic carbocycles. The summed E-state index contributed by atoms with van der Waals surface area (Å²) in [6.07, 6.45) is 1.63. The van der Waals surface area contributed by atoms with Crippen LogP contribution >= 0.6 is 15.9 Å². The Morgan fingerprint density at radius 2 is 2.10 bits per heavy atom. The fourth-order valence-electron chi connectivity index (χ4n) is 2.45. The predicted octanol–water partition coefficient (Wildman–Crippen LogP) is 3.46. The lowest BCUT2D eigenvalue weighted by molar-refractivity contribution is -0.135. The van der Waals surface area contributed by atoms with E-state index in [4.69, 9.17) is 5.73 Å². The van der Waals surface area contributed by atoms with Crippen molar-refractivity contribution in [3.8, 4) is 0 Å². The molecule has 1 atom stereocenters. The van der Waals surface area contributed by atoms with Crippen molar-refractivity contribution in [2.45, 2.75) is 33.6 Å². The molecular formula is C17H27BrN2O. The maximum Gasteiger partial charge on any atom is 0.225 e. The van der Waals surface area contributed by atoms with Gasteiger partial charge in [0.2, 0.25) is 5.91 Å². The van der Waals surface area contributed by atoms with Crippen molar-refractivity contribution < 1.29 is 4.79 Å². The average Bonchev–Trinajstić information content (AvgIpc) is 2.43. The van der Waals surface area contributed by atoms with Crippen LogP contribution in [0.3, 0.4) is 0 Å². The van der Waals surface area contributed by atoms with Gasteiger partial charge in [0.15, 0.2) is 0 Å². The van der Waals surface area contributed by atoms with Crippen LogP contribution in [-0.2, 0) is 11.2 Å². The first-order chi connectivity index (χ1) is 9.79. The normalized spacial score (nSPS) is 13.0. The number of carbonyl (C=O) groups excluding carboxylic acids is 1. The second kappa shape index (κ2) is 7.95. The largest absolute Gasteiger partial charge is 0.345 e. The third kappa shape index (κ3) is 5.79. The molecule has 21 heavy (non-hydrogen) atoms. The van der Waals surface area contributed by atoms with Crippen LogP contribution in [0.25, 0.3) is 0 Å². The van der Waals surface area contributed by atoms with Crippen molar-refractivity contribution in [1.29, 1.82) is 0 Å². The molecule has 0 saturated heterocycles. The summed E-state index contributed by atoms with van der Waals surface area (Å²) in [4.78, 5) is 14.5. The van der Waals surface area contributed by atoms with Crippen LogP contribution in [0.5, 0.6) is 0 Å². The van der Waals surface area contributed by atoms with E-state index >= 15 is 0 Å². The van der Waals surface area contributed by atoms with E-state index in [-0.39, 0.29) is 17.2 Å². The maximum atomic E-state index is 12.6. The van der Waals surface area contributed by atoms with Gasteiger partial charge < -0.3 is 10.6 Å². The highest BCUT2D eigenvalue weighted by Crippen LogP contribution is 2.20. The van der Waals surface area contributed by atoms with Gasteiger partial charge in [-0.25, -0.2) is 0 Å². The quantitative estimate of drug-likeness (QED) is 0.814. The lowest BCUT2D eigenvalue weighted by atomic mass is 9.91. The first-order valence-corrected chi connectivity index (χ1v) is 8.28. The number of carbonyl (C=O) groups is 1. The van der Waals surface area contributed by atoms with E-state index in [9.17, 15) is 4.79 Å². The molecule has 0 aromatic heterocycles. The Morgan fingerprint density at radius 1 is 1.43 bits per heavy atom. The number of nitrogens with zero attached hydrogens (tertiary/aromatic N) is 1. The molecule has 1 amide bonds. The van der Waals surface area contributed by atoms with E-state index in [1.54, 1.807) is 0 Å². The second-order valence-electron chi connectivity index (χ2n) is 6.50. The zero-order valence-corrected chi connectivity index (χ0v) is 15.1. The van der Waals surface area contributed by atoms with Gasteiger partial charge in [-0.1, -0.05) is 48.8 Å². The smallest absolute Gasteiger partial charge is 0.225 e. The van der Waals surface area contributed by atoms with Crippen LogP contribution < -0.4 is 5.73 Å². The summed E-state index contributed by atoms with van der Waals surface area (Å²) in [7, 11) is 1.88. The van der Waals surface area contributed by atoms with Gasteiger partial charge in [0.1, 0.15) is 0 Å². The van der Waals surface area contributed by atoms with Gasteiger partial charge in [0, 0.05) is 24.0 Å². The lowest BCUT2D eigenvalue weighted by Gasteiger charge is -2.31. The summed E-state index contributed by atoms with van der Waals surface area (Å²) in [5, 5.41) is 0. The molecule has 0 aliphatic heterocycles. The van der Waals surface area contributed by atoms with Crippen LogP contribution in [0.4, 0.5) is 0 Å². The van der Waals surface area contributed by atoms with Crippen molar-refractivity contribution in [1.82, 2.24) is 4.90 Å². The van der Waals surface area contributed by atoms with E-state index in [0.29, 0.717) is 13.1 Å². The summed E-state index contributed by atoms with van der Waals surface area (Å²) in [6, 6.07) is 8.17. The molecular weight excluding hydrogens is 328 g/mol. The topological polar surface area (TPSA) is 46.3 Å². The van der Waals surface area contributed by atoms with Crippen LogP contribution in [0, 0.1) is 11.3 Å². The van der Waals surface area contributed by atoms with Crippen molar-refractivity contribution >= 4 is 21.8 Å². The first kappa shape index (κ1) is 18.2. The van der Waals surface area contributed by atoms with Crippen LogP contribution in [0.15, 0.2) is 28.7 Å². The minimum Gasteiger partial charge on any atom is -0.345 e. The molecule has 0 heterocycles. The molecule has 4 heteroatoms. The standard InChI is InChI=1S/C17H27BrN2O/c1-5-14(9-13-7-6-8-15(18)10-13)16(21)20(4)12-17(2,3)11-19/h6-8,10,14H,5,9,11-12,19H2,1-4H3. The van der Waals surface area contributed by atoms with Gasteiger partial charge in [-0.15, -0.1) is 0 Å². The zero-order chi connectivity index (χ0) is 16.0. The monoisotopic (exact) mass is 354 g/mol. The molecule has 1 aromatic carbocycles. The number of hydrogen-bond acceptors (Lipinski definition) is 2. The van der Waals surface area contributed by atoms with Gasteiger partial charge in [0.25, 0.3) is 0 Å². The number of nitrogens with two attached hydrogens (primary N) is 1. The Labute approximate surface area is 137 Å². The molecule has 2 N–H and O–H groups in total. The third-order valence-corrected chi connectivity index (χ3v) is 4.30. The Hall–Kier alpha value is -0.870. The molecule has 118 valence electrons. The highest BCUT2D eigenvalue weighted by atomic mass is 79.9. The van der Waals surface area contributed by atoms with Gasteiger partial charge in [0.05, 0.1) is 0 Å². The molecule has 0 aliphatic rings. The van der Waals surface area contributed by atoms with Crippen LogP contribution in [-0.4, -0.2) is 30.9 Å². The maximum absolute atomic E-state index is 12.6. The molecule has 3 nitrogen and oxygen atoms in total. The van der Waals surface area contributed by atoms with E-state index in [1.807, 2.05) is 24.1 Å². The Morgan fingerprint density at radius 3 is 2.62 bits per heavy atom. The summed E-state index contributed by atoms with van der Waals surface area (Å²) >= 11 is 3.48. The number of halogens is 1. The molecule has 1 rings (SSSR count). The van der Waals surface area contributed by atoms with E-state index in [2.05, 4.69) is 48.8 Å². The Kier molecular flexibility index (Phi) is 6.88. The molecule has 0 bridgehead atoms. The predicted molar refractivity (Wildman–Crippen MR) is 92.1 cm³/mol. The Bertz CT molecular complexity index is 474. The molecule has 1 aromatic rings. The number of amides is 1. The fraction of sp³-hybridized carbons (Fsp3) is 0.588. The minimum atomic E-state index is -0.0432. The molecule has 0 radical (unpaired) electrons. The zero-order valence-electron chi connectivity index (χ0n) is 13.5. The fourth-order valence-corrected chi connectivity index (χ4v) is 2.90. The highest BCUT2D eigenvalue weighted by Gasteiger charge is 2.25. The van der Waals surface area contributed by atoms with Gasteiger partial charge >= 0.3 is 0 Å². The molecule has 1 unspecified atom stereocenters. The summed E-state index contributed by atoms with van der Waals surface area (Å²) in [5.74, 6) is 0.233. The lowest BCUT2D eigenvalue weighted by Crippen LogP contribution is -2.42. The van der Waals surface area contributed by atoms with Crippen molar-refractivity contribution in [2.75, 3.05) is 20.1 Å². The molecule has 0 fully saturated rings. The minimum absolute atomic E-state index is 0.0258. The third-order valence-electron chi connectivity index (χ3n) is 3.81.